The van der Waals surface area contributed by atoms with E-state index < -0.39 is 36.0 Å². The molecule has 2 heterocycles. The fourth-order valence-electron chi connectivity index (χ4n) is 4.92. The van der Waals surface area contributed by atoms with E-state index in [1.54, 1.807) is 24.3 Å². The number of rotatable bonds is 4. The Bertz CT molecular complexity index is 1100. The average Bonchev–Trinajstić information content (AvgIpc) is 3.29. The van der Waals surface area contributed by atoms with Crippen molar-refractivity contribution in [3.05, 3.63) is 41.0 Å². The largest absolute Gasteiger partial charge is 0.508 e. The van der Waals surface area contributed by atoms with Crippen molar-refractivity contribution in [1.82, 2.24) is 0 Å². The molecule has 33 heavy (non-hydrogen) atoms. The summed E-state index contributed by atoms with van der Waals surface area (Å²) in [5.41, 5.74) is 2.00. The van der Waals surface area contributed by atoms with Gasteiger partial charge in [0.25, 0.3) is 0 Å². The van der Waals surface area contributed by atoms with Gasteiger partial charge in [-0.15, -0.1) is 0 Å². The summed E-state index contributed by atoms with van der Waals surface area (Å²) in [6.07, 6.45) is -1.55. The van der Waals surface area contributed by atoms with Crippen LogP contribution in [0.4, 0.5) is 4.79 Å². The van der Waals surface area contributed by atoms with Crippen LogP contribution in [0.3, 0.4) is 0 Å². The van der Waals surface area contributed by atoms with Gasteiger partial charge in [-0.3, -0.25) is 4.79 Å². The van der Waals surface area contributed by atoms with Gasteiger partial charge in [0.15, 0.2) is 23.0 Å². The van der Waals surface area contributed by atoms with Gasteiger partial charge in [0.2, 0.25) is 12.5 Å². The number of carbonyl (C=O) groups excluding carboxylic acids is 2. The van der Waals surface area contributed by atoms with Crippen molar-refractivity contribution >= 4 is 12.1 Å². The molecule has 1 fully saturated rings. The number of aromatic hydroxyl groups is 1. The van der Waals surface area contributed by atoms with Gasteiger partial charge in [0.1, 0.15) is 12.7 Å². The molecule has 0 saturated carbocycles. The Kier molecular flexibility index (Phi) is 5.07. The van der Waals surface area contributed by atoms with Crippen LogP contribution in [0.1, 0.15) is 28.7 Å². The molecule has 174 valence electrons. The van der Waals surface area contributed by atoms with Crippen molar-refractivity contribution in [2.45, 2.75) is 12.0 Å². The Morgan fingerprint density at radius 2 is 1.61 bits per heavy atom. The molecule has 5 rings (SSSR count). The van der Waals surface area contributed by atoms with Crippen LogP contribution in [0, 0.1) is 11.8 Å². The second-order valence-corrected chi connectivity index (χ2v) is 7.90. The lowest BCUT2D eigenvalue weighted by Crippen LogP contribution is -2.45. The van der Waals surface area contributed by atoms with Gasteiger partial charge in [-0.05, 0) is 35.4 Å². The van der Waals surface area contributed by atoms with Gasteiger partial charge >= 0.3 is 12.1 Å². The van der Waals surface area contributed by atoms with Crippen LogP contribution < -0.4 is 18.9 Å². The topological polar surface area (TPSA) is 119 Å². The summed E-state index contributed by atoms with van der Waals surface area (Å²) in [7, 11) is 4.15. The van der Waals surface area contributed by atoms with Crippen molar-refractivity contribution in [2.75, 3.05) is 34.7 Å². The summed E-state index contributed by atoms with van der Waals surface area (Å²) in [6.45, 7) is 0.0289. The third-order valence-corrected chi connectivity index (χ3v) is 6.38. The maximum Gasteiger partial charge on any atom is 0.508 e. The fraction of sp³-hybridized carbons (Fsp3) is 0.391. The number of phenolic OH excluding ortho intramolecular Hbond substituents is 1. The zero-order valence-corrected chi connectivity index (χ0v) is 18.2. The average molecular weight is 458 g/mol. The molecule has 2 aromatic carbocycles. The lowest BCUT2D eigenvalue weighted by Gasteiger charge is -2.44. The van der Waals surface area contributed by atoms with Crippen LogP contribution in [0.2, 0.25) is 0 Å². The normalized spacial score (nSPS) is 24.6. The molecule has 4 atom stereocenters. The summed E-state index contributed by atoms with van der Waals surface area (Å²) in [6, 6.07) is 6.83. The molecule has 0 bridgehead atoms. The van der Waals surface area contributed by atoms with E-state index >= 15 is 0 Å². The van der Waals surface area contributed by atoms with Crippen LogP contribution in [0.25, 0.3) is 0 Å². The standard InChI is InChI=1S/C23H22O10/c1-27-16-4-10(5-17(28-2)20(16)24)18-11-6-14-15(32-9-31-14)7-12(11)21-13(8-30-23(26)33-21)19(18)22(25)29-3/h4-7,13,18-19,21,24H,8-9H2,1-3H3/t13-,18+,19-,21-/m0/s1. The van der Waals surface area contributed by atoms with Gasteiger partial charge in [-0.25, -0.2) is 4.79 Å². The molecule has 1 aliphatic carbocycles. The highest BCUT2D eigenvalue weighted by Crippen LogP contribution is 2.55. The number of methoxy groups -OCH3 is 3. The van der Waals surface area contributed by atoms with E-state index in [2.05, 4.69) is 0 Å². The van der Waals surface area contributed by atoms with E-state index in [1.165, 1.54) is 21.3 Å². The molecule has 0 unspecified atom stereocenters. The first kappa shape index (κ1) is 21.0. The predicted molar refractivity (Wildman–Crippen MR) is 110 cm³/mol. The molecule has 0 aromatic heterocycles. The highest BCUT2D eigenvalue weighted by Gasteiger charge is 2.52. The number of esters is 1. The second kappa shape index (κ2) is 7.95. The smallest absolute Gasteiger partial charge is 0.502 e. The molecule has 1 N–H and O–H groups in total. The van der Waals surface area contributed by atoms with E-state index in [0.717, 1.165) is 0 Å². The van der Waals surface area contributed by atoms with Crippen LogP contribution >= 0.6 is 0 Å². The lowest BCUT2D eigenvalue weighted by molar-refractivity contribution is -0.157. The number of hydrogen-bond acceptors (Lipinski definition) is 10. The van der Waals surface area contributed by atoms with Gasteiger partial charge in [-0.2, -0.15) is 0 Å². The van der Waals surface area contributed by atoms with Gasteiger partial charge in [0.05, 0.1) is 27.2 Å². The number of fused-ring (bicyclic) bond motifs is 4. The van der Waals surface area contributed by atoms with Crippen molar-refractivity contribution in [3.8, 4) is 28.7 Å². The summed E-state index contributed by atoms with van der Waals surface area (Å²) in [4.78, 5) is 25.1. The SMILES string of the molecule is COC(=O)[C@@H]1[C@H](c2cc(OC)c(O)c(OC)c2)c2cc3c(cc2[C@@H]2OC(=O)OC[C@@H]12)OCO3. The number of hydrogen-bond donors (Lipinski definition) is 1. The molecule has 3 aliphatic rings. The number of carbonyl (C=O) groups is 2. The number of phenols is 1. The molecule has 10 heteroatoms. The van der Waals surface area contributed by atoms with E-state index in [9.17, 15) is 14.7 Å². The minimum absolute atomic E-state index is 0.0278. The lowest BCUT2D eigenvalue weighted by atomic mass is 9.65. The van der Waals surface area contributed by atoms with E-state index in [4.69, 9.17) is 33.2 Å². The molecule has 0 amide bonds. The molecular formula is C23H22O10. The predicted octanol–water partition coefficient (Wildman–Crippen LogP) is 2.90. The highest BCUT2D eigenvalue weighted by atomic mass is 16.7. The minimum atomic E-state index is -0.810. The van der Waals surface area contributed by atoms with E-state index in [1.807, 2.05) is 0 Å². The molecule has 2 aromatic rings. The first-order valence-electron chi connectivity index (χ1n) is 10.3. The number of cyclic esters (lactones) is 1. The minimum Gasteiger partial charge on any atom is -0.502 e. The quantitative estimate of drug-likeness (QED) is 0.685. The molecule has 1 saturated heterocycles. The zero-order valence-electron chi connectivity index (χ0n) is 18.2. The van der Waals surface area contributed by atoms with Crippen LogP contribution in [0.5, 0.6) is 28.7 Å². The Hall–Kier alpha value is -3.82. The van der Waals surface area contributed by atoms with Gasteiger partial charge < -0.3 is 38.3 Å². The fourth-order valence-corrected chi connectivity index (χ4v) is 4.92. The second-order valence-electron chi connectivity index (χ2n) is 7.90. The number of benzene rings is 2. The Morgan fingerprint density at radius 3 is 2.21 bits per heavy atom. The highest BCUT2D eigenvalue weighted by molar-refractivity contribution is 5.77. The molecule has 10 nitrogen and oxygen atoms in total. The molecule has 2 aliphatic heterocycles. The third-order valence-electron chi connectivity index (χ3n) is 6.38. The first-order valence-corrected chi connectivity index (χ1v) is 10.3. The van der Waals surface area contributed by atoms with Crippen LogP contribution in [0.15, 0.2) is 24.3 Å². The summed E-state index contributed by atoms with van der Waals surface area (Å²) in [5.74, 6) is -1.14. The van der Waals surface area contributed by atoms with Crippen molar-refractivity contribution in [3.63, 3.8) is 0 Å². The summed E-state index contributed by atoms with van der Waals surface area (Å²) < 4.78 is 37.6. The van der Waals surface area contributed by atoms with Crippen molar-refractivity contribution < 1.29 is 47.9 Å². The Balaban J connectivity index is 1.77. The Labute approximate surface area is 188 Å². The third kappa shape index (κ3) is 3.24. The molecule has 0 spiro atoms. The van der Waals surface area contributed by atoms with Crippen LogP contribution in [-0.2, 0) is 19.0 Å². The first-order chi connectivity index (χ1) is 16.0. The molecular weight excluding hydrogens is 436 g/mol. The van der Waals surface area contributed by atoms with Gasteiger partial charge in [-0.1, -0.05) is 0 Å². The van der Waals surface area contributed by atoms with Crippen molar-refractivity contribution in [1.29, 1.82) is 0 Å². The van der Waals surface area contributed by atoms with Gasteiger partial charge in [0, 0.05) is 17.4 Å². The number of ether oxygens (including phenoxy) is 7. The van der Waals surface area contributed by atoms with Crippen molar-refractivity contribution in [2.24, 2.45) is 11.8 Å². The molecule has 0 radical (unpaired) electrons. The summed E-state index contributed by atoms with van der Waals surface area (Å²) >= 11 is 0. The maximum atomic E-state index is 13.1. The maximum absolute atomic E-state index is 13.1. The van der Waals surface area contributed by atoms with E-state index in [-0.39, 0.29) is 30.6 Å². The Morgan fingerprint density at radius 1 is 0.970 bits per heavy atom. The summed E-state index contributed by atoms with van der Waals surface area (Å²) in [5, 5.41) is 10.4. The monoisotopic (exact) mass is 458 g/mol. The van der Waals surface area contributed by atoms with Crippen LogP contribution in [-0.4, -0.2) is 52.0 Å². The zero-order chi connectivity index (χ0) is 23.3. The van der Waals surface area contributed by atoms with E-state index in [0.29, 0.717) is 28.2 Å².